The van der Waals surface area contributed by atoms with Crippen molar-refractivity contribution in [1.82, 2.24) is 9.97 Å². The van der Waals surface area contributed by atoms with E-state index in [0.717, 1.165) is 4.88 Å². The number of nitrogens with one attached hydrogen (secondary N) is 1. The molecule has 0 amide bonds. The largest absolute Gasteiger partial charge is 0.394 e. The Hall–Kier alpha value is -1.97. The molecule has 0 bridgehead atoms. The Kier molecular flexibility index (Phi) is 4.23. The summed E-state index contributed by atoms with van der Waals surface area (Å²) in [6.45, 7) is -0.0284. The molecule has 2 rings (SSSR count). The zero-order chi connectivity index (χ0) is 12.8. The zero-order valence-corrected chi connectivity index (χ0v) is 10.4. The van der Waals surface area contributed by atoms with Crippen molar-refractivity contribution in [2.75, 3.05) is 11.9 Å². The minimum absolute atomic E-state index is 0.0284. The molecular weight excluding hydrogens is 248 g/mol. The molecule has 0 aromatic carbocycles. The van der Waals surface area contributed by atoms with E-state index in [1.54, 1.807) is 30.0 Å². The summed E-state index contributed by atoms with van der Waals surface area (Å²) in [7, 11) is 0. The molecule has 6 heteroatoms. The molecule has 0 spiro atoms. The van der Waals surface area contributed by atoms with E-state index in [2.05, 4.69) is 21.4 Å². The molecule has 0 aliphatic rings. The second-order valence-electron chi connectivity index (χ2n) is 3.71. The van der Waals surface area contributed by atoms with Crippen molar-refractivity contribution in [1.29, 1.82) is 5.26 Å². The quantitative estimate of drug-likeness (QED) is 0.849. The van der Waals surface area contributed by atoms with Gasteiger partial charge in [-0.1, -0.05) is 0 Å². The minimum Gasteiger partial charge on any atom is -0.394 e. The third-order valence-electron chi connectivity index (χ3n) is 2.42. The van der Waals surface area contributed by atoms with Crippen molar-refractivity contribution < 1.29 is 5.11 Å². The Morgan fingerprint density at radius 3 is 3.11 bits per heavy atom. The number of nitrogens with zero attached hydrogens (tertiary/aromatic N) is 3. The highest BCUT2D eigenvalue weighted by Crippen LogP contribution is 2.14. The average Bonchev–Trinajstić information content (AvgIpc) is 2.91. The van der Waals surface area contributed by atoms with E-state index in [1.807, 2.05) is 0 Å². The van der Waals surface area contributed by atoms with Crippen LogP contribution in [0.5, 0.6) is 0 Å². The number of hydrogen-bond acceptors (Lipinski definition) is 6. The first-order chi connectivity index (χ1) is 8.83. The maximum absolute atomic E-state index is 9.36. The van der Waals surface area contributed by atoms with E-state index in [0.29, 0.717) is 17.8 Å². The Balaban J connectivity index is 2.08. The van der Waals surface area contributed by atoms with Crippen molar-refractivity contribution in [3.05, 3.63) is 40.5 Å². The molecule has 0 aliphatic carbocycles. The van der Waals surface area contributed by atoms with Crippen LogP contribution in [0, 0.1) is 11.3 Å². The van der Waals surface area contributed by atoms with Gasteiger partial charge in [0.05, 0.1) is 23.7 Å². The molecule has 2 heterocycles. The highest BCUT2D eigenvalue weighted by atomic mass is 32.1. The Morgan fingerprint density at radius 2 is 2.44 bits per heavy atom. The molecule has 0 saturated carbocycles. The molecule has 0 radical (unpaired) electrons. The molecule has 92 valence electrons. The highest BCUT2D eigenvalue weighted by molar-refractivity contribution is 7.09. The SMILES string of the molecule is N#Cc1cccnc1N[C@H](CO)Cc1cncs1. The van der Waals surface area contributed by atoms with E-state index in [-0.39, 0.29) is 12.6 Å². The van der Waals surface area contributed by atoms with Crippen LogP contribution in [0.4, 0.5) is 5.82 Å². The fraction of sp³-hybridized carbons (Fsp3) is 0.250. The van der Waals surface area contributed by atoms with E-state index >= 15 is 0 Å². The fourth-order valence-corrected chi connectivity index (χ4v) is 2.23. The van der Waals surface area contributed by atoms with Crippen LogP contribution in [-0.4, -0.2) is 27.7 Å². The van der Waals surface area contributed by atoms with Gasteiger partial charge < -0.3 is 10.4 Å². The number of aliphatic hydroxyl groups excluding tert-OH is 1. The molecule has 1 atom stereocenters. The molecule has 18 heavy (non-hydrogen) atoms. The lowest BCUT2D eigenvalue weighted by molar-refractivity contribution is 0.274. The predicted octanol–water partition coefficient (Wildman–Crippen LogP) is 1.43. The third kappa shape index (κ3) is 3.03. The van der Waals surface area contributed by atoms with Crippen LogP contribution in [0.3, 0.4) is 0 Å². The van der Waals surface area contributed by atoms with Gasteiger partial charge in [-0.15, -0.1) is 11.3 Å². The second kappa shape index (κ2) is 6.10. The monoisotopic (exact) mass is 260 g/mol. The van der Waals surface area contributed by atoms with Gasteiger partial charge in [0.15, 0.2) is 0 Å². The van der Waals surface area contributed by atoms with Gasteiger partial charge in [0.1, 0.15) is 11.9 Å². The van der Waals surface area contributed by atoms with Crippen LogP contribution in [0.1, 0.15) is 10.4 Å². The number of aromatic nitrogens is 2. The van der Waals surface area contributed by atoms with Gasteiger partial charge in [-0.3, -0.25) is 4.98 Å². The number of anilines is 1. The van der Waals surface area contributed by atoms with Gasteiger partial charge in [0, 0.05) is 23.7 Å². The predicted molar refractivity (Wildman–Crippen MR) is 69.3 cm³/mol. The van der Waals surface area contributed by atoms with Crippen molar-refractivity contribution in [3.63, 3.8) is 0 Å². The summed E-state index contributed by atoms with van der Waals surface area (Å²) < 4.78 is 0. The summed E-state index contributed by atoms with van der Waals surface area (Å²) >= 11 is 1.54. The molecule has 2 aromatic rings. The summed E-state index contributed by atoms with van der Waals surface area (Å²) in [5, 5.41) is 21.4. The molecule has 2 aromatic heterocycles. The summed E-state index contributed by atoms with van der Waals surface area (Å²) in [5.74, 6) is 0.503. The van der Waals surface area contributed by atoms with Gasteiger partial charge >= 0.3 is 0 Å². The van der Waals surface area contributed by atoms with Gasteiger partial charge in [-0.05, 0) is 12.1 Å². The molecule has 2 N–H and O–H groups in total. The minimum atomic E-state index is -0.174. The maximum Gasteiger partial charge on any atom is 0.144 e. The summed E-state index contributed by atoms with van der Waals surface area (Å²) in [6.07, 6.45) is 4.05. The summed E-state index contributed by atoms with van der Waals surface area (Å²) in [6, 6.07) is 5.29. The van der Waals surface area contributed by atoms with Crippen molar-refractivity contribution >= 4 is 17.2 Å². The number of pyridine rings is 1. The Bertz CT molecular complexity index is 535. The molecule has 0 aliphatic heterocycles. The number of rotatable bonds is 5. The van der Waals surface area contributed by atoms with Crippen LogP contribution in [0.2, 0.25) is 0 Å². The topological polar surface area (TPSA) is 81.8 Å². The Labute approximate surface area is 109 Å². The van der Waals surface area contributed by atoms with Gasteiger partial charge in [-0.2, -0.15) is 5.26 Å². The van der Waals surface area contributed by atoms with Crippen LogP contribution < -0.4 is 5.32 Å². The molecule has 0 saturated heterocycles. The van der Waals surface area contributed by atoms with Crippen molar-refractivity contribution in [2.24, 2.45) is 0 Å². The van der Waals surface area contributed by atoms with E-state index in [1.165, 1.54) is 11.3 Å². The lowest BCUT2D eigenvalue weighted by Crippen LogP contribution is -2.27. The first-order valence-corrected chi connectivity index (χ1v) is 6.31. The standard InChI is InChI=1S/C12H12N4OS/c13-5-9-2-1-3-15-12(9)16-10(7-17)4-11-6-14-8-18-11/h1-3,6,8,10,17H,4,7H2,(H,15,16)/t10-/m0/s1. The van der Waals surface area contributed by atoms with Gasteiger partial charge in [0.25, 0.3) is 0 Å². The van der Waals surface area contributed by atoms with Crippen molar-refractivity contribution in [2.45, 2.75) is 12.5 Å². The first-order valence-electron chi connectivity index (χ1n) is 5.43. The number of thiazole rings is 1. The molecule has 5 nitrogen and oxygen atoms in total. The number of hydrogen-bond donors (Lipinski definition) is 2. The molecular formula is C12H12N4OS. The van der Waals surface area contributed by atoms with E-state index < -0.39 is 0 Å². The van der Waals surface area contributed by atoms with Crippen LogP contribution in [0.15, 0.2) is 30.0 Å². The lowest BCUT2D eigenvalue weighted by Gasteiger charge is -2.16. The fourth-order valence-electron chi connectivity index (χ4n) is 1.55. The summed E-state index contributed by atoms with van der Waals surface area (Å²) in [4.78, 5) is 9.18. The highest BCUT2D eigenvalue weighted by Gasteiger charge is 2.12. The summed E-state index contributed by atoms with van der Waals surface area (Å²) in [5.41, 5.74) is 2.23. The Morgan fingerprint density at radius 1 is 1.56 bits per heavy atom. The lowest BCUT2D eigenvalue weighted by atomic mass is 10.2. The van der Waals surface area contributed by atoms with Crippen LogP contribution in [0.25, 0.3) is 0 Å². The second-order valence-corrected chi connectivity index (χ2v) is 4.68. The normalized spacial score (nSPS) is 11.8. The van der Waals surface area contributed by atoms with Crippen molar-refractivity contribution in [3.8, 4) is 6.07 Å². The van der Waals surface area contributed by atoms with Gasteiger partial charge in [0.2, 0.25) is 0 Å². The van der Waals surface area contributed by atoms with Crippen LogP contribution >= 0.6 is 11.3 Å². The number of aliphatic hydroxyl groups is 1. The van der Waals surface area contributed by atoms with E-state index in [4.69, 9.17) is 5.26 Å². The third-order valence-corrected chi connectivity index (χ3v) is 3.22. The van der Waals surface area contributed by atoms with Crippen LogP contribution in [-0.2, 0) is 6.42 Å². The maximum atomic E-state index is 9.36. The molecule has 0 unspecified atom stereocenters. The first kappa shape index (κ1) is 12.5. The zero-order valence-electron chi connectivity index (χ0n) is 9.58. The average molecular weight is 260 g/mol. The molecule has 0 fully saturated rings. The smallest absolute Gasteiger partial charge is 0.144 e. The van der Waals surface area contributed by atoms with Gasteiger partial charge in [-0.25, -0.2) is 4.98 Å². The number of nitriles is 1. The van der Waals surface area contributed by atoms with E-state index in [9.17, 15) is 5.11 Å².